The van der Waals surface area contributed by atoms with Crippen LogP contribution in [0.2, 0.25) is 10.2 Å². The Morgan fingerprint density at radius 3 is 2.44 bits per heavy atom. The Kier molecular flexibility index (Phi) is 6.31. The van der Waals surface area contributed by atoms with Crippen LogP contribution < -0.4 is 15.2 Å². The average Bonchev–Trinajstić information content (AvgIpc) is 2.81. The summed E-state index contributed by atoms with van der Waals surface area (Å²) in [7, 11) is 1.63. The van der Waals surface area contributed by atoms with Gasteiger partial charge >= 0.3 is 0 Å². The van der Waals surface area contributed by atoms with E-state index in [1.807, 2.05) is 42.5 Å². The number of hydrogen-bond donors (Lipinski definition) is 1. The fraction of sp³-hybridized carbons (Fsp3) is 0.125. The molecule has 0 radical (unpaired) electrons. The summed E-state index contributed by atoms with van der Waals surface area (Å²) < 4.78 is 11.0. The molecule has 0 fully saturated rings. The number of methoxy groups -OCH3 is 1. The van der Waals surface area contributed by atoms with Crippen molar-refractivity contribution in [3.8, 4) is 17.6 Å². The van der Waals surface area contributed by atoms with Crippen LogP contribution in [-0.2, 0) is 13.0 Å². The van der Waals surface area contributed by atoms with E-state index in [-0.39, 0.29) is 5.15 Å². The Balaban J connectivity index is 1.55. The number of nitriles is 1. The highest BCUT2D eigenvalue weighted by atomic mass is 35.5. The molecule has 4 aromatic rings. The van der Waals surface area contributed by atoms with Crippen molar-refractivity contribution in [2.45, 2.75) is 13.0 Å². The molecule has 0 unspecified atom stereocenters. The largest absolute Gasteiger partial charge is 0.497 e. The van der Waals surface area contributed by atoms with Crippen LogP contribution in [-0.4, -0.2) is 17.3 Å². The van der Waals surface area contributed by atoms with Gasteiger partial charge in [0, 0.05) is 17.2 Å². The molecule has 4 rings (SSSR count). The molecular weight excluding hydrogens is 447 g/mol. The molecule has 6 nitrogen and oxygen atoms in total. The summed E-state index contributed by atoms with van der Waals surface area (Å²) in [6, 6.07) is 18.7. The zero-order chi connectivity index (χ0) is 22.7. The molecule has 0 spiro atoms. The number of nitrogens with zero attached hydrogens (tertiary/aromatic N) is 3. The van der Waals surface area contributed by atoms with Crippen LogP contribution in [0, 0.1) is 11.3 Å². The second-order valence-corrected chi connectivity index (χ2v) is 7.84. The highest BCUT2D eigenvalue weighted by Gasteiger charge is 2.15. The molecule has 0 saturated carbocycles. The summed E-state index contributed by atoms with van der Waals surface area (Å²) in [5.74, 6) is 1.38. The lowest BCUT2D eigenvalue weighted by molar-refractivity contribution is 0.306. The highest BCUT2D eigenvalue weighted by Crippen LogP contribution is 2.33. The van der Waals surface area contributed by atoms with Crippen LogP contribution in [0.15, 0.2) is 54.6 Å². The van der Waals surface area contributed by atoms with Gasteiger partial charge in [-0.25, -0.2) is 0 Å². The number of nitrogens with two attached hydrogens (primary N) is 1. The third-order valence-electron chi connectivity index (χ3n) is 5.06. The molecule has 0 aliphatic heterocycles. The first-order chi connectivity index (χ1) is 15.5. The molecule has 0 atom stereocenters. The number of fused-ring (bicyclic) bond motifs is 1. The predicted molar refractivity (Wildman–Crippen MR) is 125 cm³/mol. The summed E-state index contributed by atoms with van der Waals surface area (Å²) in [5, 5.41) is 19.4. The predicted octanol–water partition coefficient (Wildman–Crippen LogP) is 5.57. The van der Waals surface area contributed by atoms with Crippen molar-refractivity contribution in [3.63, 3.8) is 0 Å². The van der Waals surface area contributed by atoms with Gasteiger partial charge in [0.2, 0.25) is 0 Å². The van der Waals surface area contributed by atoms with Gasteiger partial charge < -0.3 is 15.2 Å². The first kappa shape index (κ1) is 21.7. The summed E-state index contributed by atoms with van der Waals surface area (Å²) in [5.41, 5.74) is 9.37. The molecule has 1 aromatic heterocycles. The minimum absolute atomic E-state index is 0.165. The zero-order valence-corrected chi connectivity index (χ0v) is 18.6. The second-order valence-electron chi connectivity index (χ2n) is 7.08. The first-order valence-electron chi connectivity index (χ1n) is 9.67. The normalized spacial score (nSPS) is 10.7. The highest BCUT2D eigenvalue weighted by molar-refractivity contribution is 6.35. The van der Waals surface area contributed by atoms with Crippen molar-refractivity contribution in [3.05, 3.63) is 87.2 Å². The molecule has 0 saturated heterocycles. The zero-order valence-electron chi connectivity index (χ0n) is 17.1. The van der Waals surface area contributed by atoms with Crippen molar-refractivity contribution in [1.29, 1.82) is 5.26 Å². The molecule has 0 bridgehead atoms. The molecule has 3 aromatic carbocycles. The summed E-state index contributed by atoms with van der Waals surface area (Å²) in [4.78, 5) is 0. The Hall–Kier alpha value is -3.53. The number of rotatable bonds is 6. The third kappa shape index (κ3) is 4.40. The van der Waals surface area contributed by atoms with Crippen molar-refractivity contribution < 1.29 is 9.47 Å². The van der Waals surface area contributed by atoms with Crippen LogP contribution in [0.4, 0.5) is 5.69 Å². The van der Waals surface area contributed by atoms with Gasteiger partial charge in [0.25, 0.3) is 0 Å². The molecule has 32 heavy (non-hydrogen) atoms. The van der Waals surface area contributed by atoms with Gasteiger partial charge in [-0.1, -0.05) is 47.5 Å². The van der Waals surface area contributed by atoms with Crippen molar-refractivity contribution in [2.75, 3.05) is 12.8 Å². The van der Waals surface area contributed by atoms with Crippen molar-refractivity contribution in [1.82, 2.24) is 10.2 Å². The Morgan fingerprint density at radius 2 is 1.75 bits per heavy atom. The van der Waals surface area contributed by atoms with Crippen LogP contribution in [0.5, 0.6) is 11.5 Å². The lowest BCUT2D eigenvalue weighted by Crippen LogP contribution is -2.01. The van der Waals surface area contributed by atoms with Gasteiger partial charge in [0.15, 0.2) is 5.15 Å². The van der Waals surface area contributed by atoms with Gasteiger partial charge in [-0.2, -0.15) is 10.4 Å². The van der Waals surface area contributed by atoms with E-state index < -0.39 is 0 Å². The third-order valence-corrected chi connectivity index (χ3v) is 5.62. The Bertz CT molecular complexity index is 1330. The van der Waals surface area contributed by atoms with E-state index in [0.717, 1.165) is 22.3 Å². The van der Waals surface area contributed by atoms with E-state index in [2.05, 4.69) is 16.3 Å². The molecule has 0 aliphatic carbocycles. The summed E-state index contributed by atoms with van der Waals surface area (Å²) in [6.07, 6.45) is 0.463. The molecule has 0 amide bonds. The maximum atomic E-state index is 9.23. The molecule has 8 heteroatoms. The SMILES string of the molecule is COc1ccc(COc2ccc(Cc3nnc(Cl)c4c(N)c(C#N)ccc34)cc2Cl)cc1. The summed E-state index contributed by atoms with van der Waals surface area (Å²) >= 11 is 12.7. The minimum Gasteiger partial charge on any atom is -0.497 e. The average molecular weight is 465 g/mol. The number of anilines is 1. The smallest absolute Gasteiger partial charge is 0.161 e. The number of benzene rings is 3. The van der Waals surface area contributed by atoms with Crippen molar-refractivity contribution in [2.24, 2.45) is 0 Å². The van der Waals surface area contributed by atoms with Gasteiger partial charge in [0.05, 0.1) is 29.1 Å². The van der Waals surface area contributed by atoms with E-state index in [1.165, 1.54) is 0 Å². The number of nitrogen functional groups attached to an aromatic ring is 1. The molecular formula is C24H18Cl2N4O2. The summed E-state index contributed by atoms with van der Waals surface area (Å²) in [6.45, 7) is 0.386. The quantitative estimate of drug-likeness (QED) is 0.374. The van der Waals surface area contributed by atoms with Crippen molar-refractivity contribution >= 4 is 39.7 Å². The fourth-order valence-electron chi connectivity index (χ4n) is 3.37. The lowest BCUT2D eigenvalue weighted by atomic mass is 10.0. The standard InChI is InChI=1S/C24H18Cl2N4O2/c1-31-17-6-2-14(3-7-17)13-32-21-9-4-15(10-19(21)25)11-20-18-8-5-16(12-27)23(28)22(18)24(26)30-29-20/h2-10H,11,13,28H2,1H3. The van der Waals surface area contributed by atoms with Gasteiger partial charge in [-0.15, -0.1) is 5.10 Å². The number of aromatic nitrogens is 2. The van der Waals surface area contributed by atoms with Crippen LogP contribution in [0.1, 0.15) is 22.4 Å². The molecule has 2 N–H and O–H groups in total. The van der Waals surface area contributed by atoms with E-state index in [1.54, 1.807) is 19.2 Å². The minimum atomic E-state index is 0.165. The van der Waals surface area contributed by atoms with Crippen LogP contribution >= 0.6 is 23.2 Å². The van der Waals surface area contributed by atoms with E-state index in [9.17, 15) is 5.26 Å². The van der Waals surface area contributed by atoms with E-state index in [0.29, 0.717) is 46.1 Å². The van der Waals surface area contributed by atoms with Crippen LogP contribution in [0.3, 0.4) is 0 Å². The molecule has 0 aliphatic rings. The molecule has 160 valence electrons. The van der Waals surface area contributed by atoms with Gasteiger partial charge in [0.1, 0.15) is 24.2 Å². The monoisotopic (exact) mass is 464 g/mol. The van der Waals surface area contributed by atoms with E-state index >= 15 is 0 Å². The number of halogens is 2. The maximum Gasteiger partial charge on any atom is 0.161 e. The second kappa shape index (κ2) is 9.31. The van der Waals surface area contributed by atoms with Gasteiger partial charge in [-0.3, -0.25) is 0 Å². The topological polar surface area (TPSA) is 94.1 Å². The number of ether oxygens (including phenoxy) is 2. The Morgan fingerprint density at radius 1 is 1.00 bits per heavy atom. The van der Waals surface area contributed by atoms with Gasteiger partial charge in [-0.05, 0) is 41.5 Å². The Labute approximate surface area is 195 Å². The molecule has 1 heterocycles. The van der Waals surface area contributed by atoms with E-state index in [4.69, 9.17) is 38.4 Å². The van der Waals surface area contributed by atoms with Crippen LogP contribution in [0.25, 0.3) is 10.8 Å². The fourth-order valence-corrected chi connectivity index (χ4v) is 3.87. The first-order valence-corrected chi connectivity index (χ1v) is 10.4. The lowest BCUT2D eigenvalue weighted by Gasteiger charge is -2.12. The number of hydrogen-bond acceptors (Lipinski definition) is 6. The maximum absolute atomic E-state index is 9.23.